The van der Waals surface area contributed by atoms with Crippen molar-refractivity contribution in [2.45, 2.75) is 0 Å². The molecule has 3 aromatic heterocycles. The van der Waals surface area contributed by atoms with Crippen molar-refractivity contribution >= 4 is 22.9 Å². The Labute approximate surface area is 140 Å². The molecule has 0 bridgehead atoms. The predicted octanol–water partition coefficient (Wildman–Crippen LogP) is 3.75. The van der Waals surface area contributed by atoms with E-state index in [1.54, 1.807) is 33.9 Å². The number of aromatic nitrogens is 4. The Morgan fingerprint density at radius 2 is 2.04 bits per heavy atom. The lowest BCUT2D eigenvalue weighted by Crippen LogP contribution is -1.96. The average molecular weight is 340 g/mol. The topological polar surface area (TPSA) is 78.3 Å². The molecule has 0 spiro atoms. The minimum absolute atomic E-state index is 0.0201. The van der Waals surface area contributed by atoms with Gasteiger partial charge in [0, 0.05) is 48.5 Å². The molecule has 0 saturated heterocycles. The summed E-state index contributed by atoms with van der Waals surface area (Å²) in [5.74, 6) is 0. The summed E-state index contributed by atoms with van der Waals surface area (Å²) in [6.45, 7) is 0. The first-order valence-corrected chi connectivity index (χ1v) is 7.43. The normalized spacial score (nSPS) is 11.0. The van der Waals surface area contributed by atoms with E-state index in [2.05, 4.69) is 10.1 Å². The van der Waals surface area contributed by atoms with E-state index in [0.29, 0.717) is 10.7 Å². The van der Waals surface area contributed by atoms with Crippen LogP contribution < -0.4 is 0 Å². The highest BCUT2D eigenvalue weighted by atomic mass is 35.5. The third-order valence-corrected chi connectivity index (χ3v) is 4.00. The van der Waals surface area contributed by atoms with Gasteiger partial charge in [-0.2, -0.15) is 5.10 Å². The van der Waals surface area contributed by atoms with E-state index in [-0.39, 0.29) is 5.69 Å². The van der Waals surface area contributed by atoms with E-state index in [1.807, 2.05) is 18.2 Å². The second-order valence-corrected chi connectivity index (χ2v) is 5.54. The molecule has 0 radical (unpaired) electrons. The van der Waals surface area contributed by atoms with Gasteiger partial charge in [-0.1, -0.05) is 11.6 Å². The molecule has 0 saturated carbocycles. The Balaban J connectivity index is 1.88. The number of nitrogens with zero attached hydrogens (tertiary/aromatic N) is 5. The summed E-state index contributed by atoms with van der Waals surface area (Å²) in [5, 5.41) is 15.9. The molecular formula is C16H10ClN5O2. The average Bonchev–Trinajstić information content (AvgIpc) is 3.16. The van der Waals surface area contributed by atoms with E-state index >= 15 is 0 Å². The van der Waals surface area contributed by atoms with E-state index < -0.39 is 4.92 Å². The lowest BCUT2D eigenvalue weighted by atomic mass is 10.2. The summed E-state index contributed by atoms with van der Waals surface area (Å²) in [6, 6.07) is 9.98. The number of halogens is 1. The highest BCUT2D eigenvalue weighted by Crippen LogP contribution is 2.28. The highest BCUT2D eigenvalue weighted by molar-refractivity contribution is 6.32. The van der Waals surface area contributed by atoms with E-state index in [1.165, 1.54) is 18.2 Å². The summed E-state index contributed by atoms with van der Waals surface area (Å²) in [4.78, 5) is 14.7. The molecule has 0 aliphatic rings. The van der Waals surface area contributed by atoms with E-state index in [9.17, 15) is 10.1 Å². The molecule has 0 N–H and O–H groups in total. The zero-order valence-electron chi connectivity index (χ0n) is 12.2. The number of nitro benzene ring substituents is 1. The van der Waals surface area contributed by atoms with Crippen LogP contribution in [-0.2, 0) is 0 Å². The lowest BCUT2D eigenvalue weighted by Gasteiger charge is -2.05. The molecule has 24 heavy (non-hydrogen) atoms. The van der Waals surface area contributed by atoms with Crippen LogP contribution in [0.1, 0.15) is 0 Å². The van der Waals surface area contributed by atoms with Crippen molar-refractivity contribution in [3.05, 3.63) is 76.3 Å². The Morgan fingerprint density at radius 1 is 1.17 bits per heavy atom. The quantitative estimate of drug-likeness (QED) is 0.420. The van der Waals surface area contributed by atoms with Crippen LogP contribution in [0.3, 0.4) is 0 Å². The van der Waals surface area contributed by atoms with Gasteiger partial charge in [-0.05, 0) is 18.2 Å². The Bertz CT molecular complexity index is 1050. The number of rotatable bonds is 3. The maximum atomic E-state index is 11.0. The van der Waals surface area contributed by atoms with Gasteiger partial charge >= 0.3 is 0 Å². The van der Waals surface area contributed by atoms with Crippen LogP contribution in [-0.4, -0.2) is 24.1 Å². The molecule has 0 atom stereocenters. The fraction of sp³-hybridized carbons (Fsp3) is 0. The molecule has 1 aromatic carbocycles. The van der Waals surface area contributed by atoms with Crippen LogP contribution in [0, 0.1) is 10.1 Å². The van der Waals surface area contributed by atoms with Crippen molar-refractivity contribution in [2.75, 3.05) is 0 Å². The first kappa shape index (κ1) is 14.4. The van der Waals surface area contributed by atoms with Crippen LogP contribution in [0.4, 0.5) is 5.69 Å². The van der Waals surface area contributed by atoms with Gasteiger partial charge in [0.15, 0.2) is 0 Å². The van der Waals surface area contributed by atoms with Crippen molar-refractivity contribution in [1.29, 1.82) is 0 Å². The molecule has 0 fully saturated rings. The van der Waals surface area contributed by atoms with Gasteiger partial charge in [0.1, 0.15) is 5.65 Å². The van der Waals surface area contributed by atoms with Crippen LogP contribution in [0.2, 0.25) is 5.02 Å². The third kappa shape index (κ3) is 2.31. The zero-order valence-corrected chi connectivity index (χ0v) is 13.0. The van der Waals surface area contributed by atoms with Crippen LogP contribution in [0.5, 0.6) is 0 Å². The van der Waals surface area contributed by atoms with Crippen molar-refractivity contribution in [3.63, 3.8) is 0 Å². The third-order valence-electron chi connectivity index (χ3n) is 3.68. The first-order valence-electron chi connectivity index (χ1n) is 7.05. The Hall–Kier alpha value is -3.19. The number of non-ortho nitro benzene ring substituents is 1. The standard InChI is InChI=1S/C16H10ClN5O2/c17-13-4-3-12(22(23)24)8-15(13)20-6-7-21-16(20)9-14(19-21)11-2-1-5-18-10-11/h1-10H. The van der Waals surface area contributed by atoms with Gasteiger partial charge in [0.25, 0.3) is 5.69 Å². The van der Waals surface area contributed by atoms with Crippen molar-refractivity contribution in [2.24, 2.45) is 0 Å². The van der Waals surface area contributed by atoms with Crippen LogP contribution >= 0.6 is 11.6 Å². The van der Waals surface area contributed by atoms with E-state index in [4.69, 9.17) is 11.6 Å². The first-order chi connectivity index (χ1) is 11.6. The van der Waals surface area contributed by atoms with Gasteiger partial charge in [-0.3, -0.25) is 19.7 Å². The fourth-order valence-electron chi connectivity index (χ4n) is 2.54. The summed E-state index contributed by atoms with van der Waals surface area (Å²) in [6.07, 6.45) is 6.96. The van der Waals surface area contributed by atoms with Gasteiger partial charge in [0.2, 0.25) is 0 Å². The molecule has 0 aliphatic heterocycles. The monoisotopic (exact) mass is 339 g/mol. The highest BCUT2D eigenvalue weighted by Gasteiger charge is 2.15. The molecule has 4 aromatic rings. The molecular weight excluding hydrogens is 330 g/mol. The summed E-state index contributed by atoms with van der Waals surface area (Å²) in [5.41, 5.74) is 2.90. The van der Waals surface area contributed by atoms with Crippen molar-refractivity contribution < 1.29 is 4.92 Å². The van der Waals surface area contributed by atoms with Gasteiger partial charge in [0.05, 0.1) is 21.3 Å². The molecule has 8 heteroatoms. The lowest BCUT2D eigenvalue weighted by molar-refractivity contribution is -0.384. The number of hydrogen-bond acceptors (Lipinski definition) is 4. The minimum Gasteiger partial charge on any atom is -0.298 e. The summed E-state index contributed by atoms with van der Waals surface area (Å²) in [7, 11) is 0. The summed E-state index contributed by atoms with van der Waals surface area (Å²) < 4.78 is 3.46. The summed E-state index contributed by atoms with van der Waals surface area (Å²) >= 11 is 6.23. The van der Waals surface area contributed by atoms with Crippen molar-refractivity contribution in [3.8, 4) is 16.9 Å². The zero-order chi connectivity index (χ0) is 16.7. The number of hydrogen-bond donors (Lipinski definition) is 0. The molecule has 0 amide bonds. The second kappa shape index (κ2) is 5.47. The van der Waals surface area contributed by atoms with E-state index in [0.717, 1.165) is 16.9 Å². The van der Waals surface area contributed by atoms with Gasteiger partial charge < -0.3 is 0 Å². The SMILES string of the molecule is O=[N+]([O-])c1ccc(Cl)c(-n2ccn3nc(-c4cccnc4)cc23)c1. The molecule has 3 heterocycles. The predicted molar refractivity (Wildman–Crippen MR) is 89.4 cm³/mol. The smallest absolute Gasteiger partial charge is 0.271 e. The number of benzene rings is 1. The molecule has 0 aliphatic carbocycles. The maximum Gasteiger partial charge on any atom is 0.271 e. The maximum absolute atomic E-state index is 11.0. The number of pyridine rings is 1. The molecule has 0 unspecified atom stereocenters. The van der Waals surface area contributed by atoms with Crippen LogP contribution in [0.15, 0.2) is 61.2 Å². The fourth-order valence-corrected chi connectivity index (χ4v) is 2.75. The number of fused-ring (bicyclic) bond motifs is 1. The number of imidazole rings is 1. The minimum atomic E-state index is -0.446. The molecule has 4 rings (SSSR count). The largest absolute Gasteiger partial charge is 0.298 e. The molecule has 118 valence electrons. The second-order valence-electron chi connectivity index (χ2n) is 5.14. The Kier molecular flexibility index (Phi) is 3.28. The van der Waals surface area contributed by atoms with Crippen molar-refractivity contribution in [1.82, 2.24) is 19.2 Å². The van der Waals surface area contributed by atoms with Gasteiger partial charge in [-0.25, -0.2) is 4.52 Å². The molecule has 7 nitrogen and oxygen atoms in total. The Morgan fingerprint density at radius 3 is 2.79 bits per heavy atom. The van der Waals surface area contributed by atoms with Crippen LogP contribution in [0.25, 0.3) is 22.6 Å². The number of nitro groups is 1. The van der Waals surface area contributed by atoms with Gasteiger partial charge in [-0.15, -0.1) is 0 Å².